The van der Waals surface area contributed by atoms with Gasteiger partial charge in [-0.3, -0.25) is 0 Å². The van der Waals surface area contributed by atoms with Crippen molar-refractivity contribution in [2.24, 2.45) is 0 Å². The van der Waals surface area contributed by atoms with Crippen LogP contribution >= 0.6 is 11.6 Å². The van der Waals surface area contributed by atoms with Gasteiger partial charge in [-0.05, 0) is 29.8 Å². The fourth-order valence-electron chi connectivity index (χ4n) is 3.64. The van der Waals surface area contributed by atoms with Crippen LogP contribution in [0.1, 0.15) is 22.6 Å². The normalized spacial score (nSPS) is 13.4. The number of hydrogen-bond acceptors (Lipinski definition) is 1. The van der Waals surface area contributed by atoms with E-state index in [1.165, 1.54) is 5.56 Å². The number of para-hydroxylation sites is 2. The predicted octanol–water partition coefficient (Wildman–Crippen LogP) is 6.11. The Morgan fingerprint density at radius 1 is 0.750 bits per heavy atom. The maximum atomic E-state index is 6.53. The lowest BCUT2D eigenvalue weighted by atomic mass is 9.82. The van der Waals surface area contributed by atoms with Crippen LogP contribution in [0.4, 0.5) is 0 Å². The highest BCUT2D eigenvalue weighted by Crippen LogP contribution is 2.49. The molecule has 0 aliphatic carbocycles. The molecule has 0 saturated heterocycles. The minimum atomic E-state index is 0.0970. The molecular weight excluding hydrogens is 318 g/mol. The Morgan fingerprint density at radius 3 is 2.12 bits per heavy atom. The van der Waals surface area contributed by atoms with Crippen LogP contribution < -0.4 is 4.74 Å². The summed E-state index contributed by atoms with van der Waals surface area (Å²) in [6.07, 6.45) is 2.07. The van der Waals surface area contributed by atoms with Gasteiger partial charge in [-0.15, -0.1) is 0 Å². The molecule has 1 aromatic heterocycles. The van der Waals surface area contributed by atoms with E-state index >= 15 is 0 Å². The molecule has 0 fully saturated rings. The molecule has 0 unspecified atom stereocenters. The first-order valence-corrected chi connectivity index (χ1v) is 8.32. The molecule has 3 aromatic carbocycles. The number of nitrogens with one attached hydrogen (secondary N) is 1. The Bertz CT molecular complexity index is 1020. The SMILES string of the molecule is Clc1cccc2[nH]cc(C3c4ccccc4Oc4ccccc43)c12. The van der Waals surface area contributed by atoms with Crippen molar-refractivity contribution < 1.29 is 4.74 Å². The van der Waals surface area contributed by atoms with Crippen molar-refractivity contribution in [3.63, 3.8) is 0 Å². The van der Waals surface area contributed by atoms with Crippen molar-refractivity contribution in [2.45, 2.75) is 5.92 Å². The summed E-state index contributed by atoms with van der Waals surface area (Å²) in [5.41, 5.74) is 4.56. The zero-order valence-corrected chi connectivity index (χ0v) is 13.5. The summed E-state index contributed by atoms with van der Waals surface area (Å²) in [4.78, 5) is 3.36. The van der Waals surface area contributed by atoms with Gasteiger partial charge < -0.3 is 9.72 Å². The second-order valence-corrected chi connectivity index (χ2v) is 6.42. The Morgan fingerprint density at radius 2 is 1.42 bits per heavy atom. The lowest BCUT2D eigenvalue weighted by molar-refractivity contribution is 0.453. The Hall–Kier alpha value is -2.71. The molecule has 0 saturated carbocycles. The van der Waals surface area contributed by atoms with E-state index in [9.17, 15) is 0 Å². The van der Waals surface area contributed by atoms with Crippen LogP contribution in [-0.4, -0.2) is 4.98 Å². The molecule has 0 spiro atoms. The van der Waals surface area contributed by atoms with Crippen LogP contribution in [0.2, 0.25) is 5.02 Å². The molecule has 1 N–H and O–H groups in total. The highest BCUT2D eigenvalue weighted by Gasteiger charge is 2.30. The quantitative estimate of drug-likeness (QED) is 0.394. The fourth-order valence-corrected chi connectivity index (χ4v) is 3.92. The maximum absolute atomic E-state index is 6.53. The van der Waals surface area contributed by atoms with Crippen molar-refractivity contribution in [1.29, 1.82) is 0 Å². The average Bonchev–Trinajstić information content (AvgIpc) is 3.05. The van der Waals surface area contributed by atoms with Crippen LogP contribution in [0.5, 0.6) is 11.5 Å². The van der Waals surface area contributed by atoms with E-state index < -0.39 is 0 Å². The number of benzene rings is 3. The van der Waals surface area contributed by atoms with Crippen molar-refractivity contribution in [2.75, 3.05) is 0 Å². The van der Waals surface area contributed by atoms with E-state index in [-0.39, 0.29) is 5.92 Å². The summed E-state index contributed by atoms with van der Waals surface area (Å²) < 4.78 is 6.10. The third kappa shape index (κ3) is 1.90. The summed E-state index contributed by atoms with van der Waals surface area (Å²) in [5, 5.41) is 1.85. The zero-order chi connectivity index (χ0) is 16.1. The standard InChI is InChI=1S/C21H14ClNO/c22-16-8-5-9-17-21(16)15(12-23-17)20-13-6-1-3-10-18(13)24-19-11-4-2-7-14(19)20/h1-12,20,23H. The van der Waals surface area contributed by atoms with E-state index in [0.717, 1.165) is 38.6 Å². The van der Waals surface area contributed by atoms with Gasteiger partial charge >= 0.3 is 0 Å². The minimum absolute atomic E-state index is 0.0970. The van der Waals surface area contributed by atoms with Gasteiger partial charge in [0.25, 0.3) is 0 Å². The average molecular weight is 332 g/mol. The number of hydrogen-bond donors (Lipinski definition) is 1. The zero-order valence-electron chi connectivity index (χ0n) is 12.8. The number of H-pyrrole nitrogens is 1. The Balaban J connectivity index is 1.84. The van der Waals surface area contributed by atoms with Gasteiger partial charge in [0.1, 0.15) is 11.5 Å². The van der Waals surface area contributed by atoms with Crippen molar-refractivity contribution >= 4 is 22.5 Å². The van der Waals surface area contributed by atoms with Gasteiger partial charge in [-0.2, -0.15) is 0 Å². The summed E-state index contributed by atoms with van der Waals surface area (Å²) in [6.45, 7) is 0. The van der Waals surface area contributed by atoms with Crippen LogP contribution in [0.25, 0.3) is 10.9 Å². The number of aromatic nitrogens is 1. The molecule has 0 amide bonds. The van der Waals surface area contributed by atoms with Gasteiger partial charge in [0.15, 0.2) is 0 Å². The lowest BCUT2D eigenvalue weighted by Crippen LogP contribution is -2.11. The molecule has 24 heavy (non-hydrogen) atoms. The van der Waals surface area contributed by atoms with Gasteiger partial charge in [0, 0.05) is 34.1 Å². The van der Waals surface area contributed by atoms with Gasteiger partial charge in [-0.1, -0.05) is 54.1 Å². The molecule has 0 radical (unpaired) electrons. The summed E-state index contributed by atoms with van der Waals surface area (Å²) in [6, 6.07) is 22.4. The second kappa shape index (κ2) is 5.15. The highest BCUT2D eigenvalue weighted by molar-refractivity contribution is 6.35. The Labute approximate surface area is 144 Å². The van der Waals surface area contributed by atoms with Crippen LogP contribution in [0, 0.1) is 0 Å². The summed E-state index contributed by atoms with van der Waals surface area (Å²) >= 11 is 6.53. The maximum Gasteiger partial charge on any atom is 0.131 e. The number of aromatic amines is 1. The molecule has 1 aliphatic rings. The molecule has 0 atom stereocenters. The van der Waals surface area contributed by atoms with Gasteiger partial charge in [0.05, 0.1) is 5.02 Å². The fraction of sp³-hybridized carbons (Fsp3) is 0.0476. The highest BCUT2D eigenvalue weighted by atomic mass is 35.5. The molecule has 2 nitrogen and oxygen atoms in total. The third-order valence-electron chi connectivity index (χ3n) is 4.68. The van der Waals surface area contributed by atoms with E-state index in [2.05, 4.69) is 41.5 Å². The monoisotopic (exact) mass is 331 g/mol. The molecule has 116 valence electrons. The van der Waals surface area contributed by atoms with Crippen LogP contribution in [0.15, 0.2) is 72.9 Å². The van der Waals surface area contributed by atoms with E-state index in [1.54, 1.807) is 0 Å². The van der Waals surface area contributed by atoms with Crippen LogP contribution in [-0.2, 0) is 0 Å². The van der Waals surface area contributed by atoms with Crippen molar-refractivity contribution in [3.8, 4) is 11.5 Å². The molecule has 0 bridgehead atoms. The molecule has 4 aromatic rings. The predicted molar refractivity (Wildman–Crippen MR) is 97.2 cm³/mol. The first-order chi connectivity index (χ1) is 11.8. The first-order valence-electron chi connectivity index (χ1n) is 7.94. The summed E-state index contributed by atoms with van der Waals surface area (Å²) in [5.74, 6) is 1.91. The molecule has 5 rings (SSSR count). The van der Waals surface area contributed by atoms with Gasteiger partial charge in [0.2, 0.25) is 0 Å². The number of ether oxygens (including phenoxy) is 1. The number of rotatable bonds is 1. The third-order valence-corrected chi connectivity index (χ3v) is 4.99. The van der Waals surface area contributed by atoms with E-state index in [4.69, 9.17) is 16.3 Å². The molecule has 3 heteroatoms. The minimum Gasteiger partial charge on any atom is -0.457 e. The van der Waals surface area contributed by atoms with E-state index in [0.29, 0.717) is 0 Å². The summed E-state index contributed by atoms with van der Waals surface area (Å²) in [7, 11) is 0. The Kier molecular flexibility index (Phi) is 2.94. The van der Waals surface area contributed by atoms with Crippen molar-refractivity contribution in [1.82, 2.24) is 4.98 Å². The molecular formula is C21H14ClNO. The largest absolute Gasteiger partial charge is 0.457 e. The first kappa shape index (κ1) is 13.7. The van der Waals surface area contributed by atoms with Gasteiger partial charge in [-0.25, -0.2) is 0 Å². The molecule has 1 aliphatic heterocycles. The smallest absolute Gasteiger partial charge is 0.131 e. The number of fused-ring (bicyclic) bond motifs is 3. The van der Waals surface area contributed by atoms with Crippen LogP contribution in [0.3, 0.4) is 0 Å². The second-order valence-electron chi connectivity index (χ2n) is 6.02. The lowest BCUT2D eigenvalue weighted by Gasteiger charge is -2.28. The number of halogens is 1. The van der Waals surface area contributed by atoms with E-state index in [1.807, 2.05) is 36.4 Å². The molecule has 2 heterocycles. The van der Waals surface area contributed by atoms with Crippen molar-refractivity contribution in [3.05, 3.63) is 94.6 Å². The topological polar surface area (TPSA) is 25.0 Å².